The highest BCUT2D eigenvalue weighted by atomic mass is 16.5. The van der Waals surface area contributed by atoms with Gasteiger partial charge in [0.2, 0.25) is 0 Å². The Kier molecular flexibility index (Phi) is 3.10. The second-order valence-electron chi connectivity index (χ2n) is 4.76. The third-order valence-electron chi connectivity index (χ3n) is 3.00. The summed E-state index contributed by atoms with van der Waals surface area (Å²) in [6, 6.07) is 0. The maximum absolute atomic E-state index is 11.1. The van der Waals surface area contributed by atoms with Gasteiger partial charge in [-0.05, 0) is 18.8 Å². The van der Waals surface area contributed by atoms with Crippen molar-refractivity contribution in [1.29, 1.82) is 0 Å². The minimum atomic E-state index is -0.889. The van der Waals surface area contributed by atoms with E-state index in [9.17, 15) is 4.79 Å². The van der Waals surface area contributed by atoms with Crippen molar-refractivity contribution in [3.8, 4) is 0 Å². The molecule has 0 amide bonds. The number of nitrogens with zero attached hydrogens (tertiary/aromatic N) is 1. The van der Waals surface area contributed by atoms with Crippen LogP contribution in [0.2, 0.25) is 0 Å². The highest BCUT2D eigenvalue weighted by Gasteiger charge is 2.36. The Hall–Kier alpha value is -1.16. The molecule has 0 radical (unpaired) electrons. The van der Waals surface area contributed by atoms with E-state index in [0.29, 0.717) is 11.7 Å². The molecule has 0 aromatic heterocycles. The van der Waals surface area contributed by atoms with Gasteiger partial charge in [-0.2, -0.15) is 0 Å². The fourth-order valence-electron chi connectivity index (χ4n) is 2.05. The van der Waals surface area contributed by atoms with Crippen molar-refractivity contribution >= 4 is 12.2 Å². The Morgan fingerprint density at radius 3 is 2.75 bits per heavy atom. The monoisotopic (exact) mass is 223 g/mol. The number of hydrogen-bond acceptors (Lipinski definition) is 3. The number of aliphatic imine (C=N–C) groups is 1. The van der Waals surface area contributed by atoms with Crippen LogP contribution in [0.3, 0.4) is 0 Å². The van der Waals surface area contributed by atoms with Gasteiger partial charge in [0.1, 0.15) is 6.10 Å². The van der Waals surface area contributed by atoms with Gasteiger partial charge in [0, 0.05) is 18.3 Å². The molecule has 2 atom stereocenters. The lowest BCUT2D eigenvalue weighted by atomic mass is 9.83. The van der Waals surface area contributed by atoms with Crippen molar-refractivity contribution in [2.24, 2.45) is 16.8 Å². The molecule has 0 aromatic carbocycles. The molecule has 0 saturated heterocycles. The minimum absolute atomic E-state index is 0.0874. The van der Waals surface area contributed by atoms with E-state index in [1.807, 2.05) is 13.8 Å². The van der Waals surface area contributed by atoms with E-state index in [-0.39, 0.29) is 17.9 Å². The van der Waals surface area contributed by atoms with Crippen LogP contribution in [0.1, 0.15) is 26.7 Å². The lowest BCUT2D eigenvalue weighted by Gasteiger charge is -2.30. The van der Waals surface area contributed by atoms with Crippen LogP contribution in [0.15, 0.2) is 16.8 Å². The maximum Gasteiger partial charge on any atom is 0.333 e. The molecule has 1 N–H and O–H groups in total. The molecule has 1 heterocycles. The summed E-state index contributed by atoms with van der Waals surface area (Å²) in [5.41, 5.74) is 0.364. The number of rotatable bonds is 4. The van der Waals surface area contributed by atoms with E-state index in [4.69, 9.17) is 9.84 Å². The van der Waals surface area contributed by atoms with Crippen LogP contribution in [0.4, 0.5) is 0 Å². The topological polar surface area (TPSA) is 58.9 Å². The van der Waals surface area contributed by atoms with Gasteiger partial charge in [0.05, 0.1) is 11.7 Å². The Labute approximate surface area is 95.0 Å². The highest BCUT2D eigenvalue weighted by molar-refractivity contribution is 5.89. The van der Waals surface area contributed by atoms with Gasteiger partial charge in [-0.15, -0.1) is 0 Å². The molecular weight excluding hydrogens is 206 g/mol. The number of ether oxygens (including phenoxy) is 1. The van der Waals surface area contributed by atoms with Crippen LogP contribution in [0.5, 0.6) is 0 Å². The quantitative estimate of drug-likeness (QED) is 0.791. The molecule has 2 unspecified atom stereocenters. The number of carboxylic acids is 1. The van der Waals surface area contributed by atoms with E-state index in [0.717, 1.165) is 12.8 Å². The molecule has 1 fully saturated rings. The second-order valence-corrected chi connectivity index (χ2v) is 4.76. The van der Waals surface area contributed by atoms with Crippen molar-refractivity contribution in [1.82, 2.24) is 0 Å². The predicted molar refractivity (Wildman–Crippen MR) is 60.4 cm³/mol. The number of carbonyl (C=O) groups is 1. The molecule has 2 aliphatic rings. The van der Waals surface area contributed by atoms with Crippen LogP contribution in [-0.2, 0) is 9.53 Å². The summed E-state index contributed by atoms with van der Waals surface area (Å²) in [7, 11) is 0. The van der Waals surface area contributed by atoms with Gasteiger partial charge in [-0.25, -0.2) is 4.79 Å². The van der Waals surface area contributed by atoms with E-state index >= 15 is 0 Å². The highest BCUT2D eigenvalue weighted by Crippen LogP contribution is 2.33. The maximum atomic E-state index is 11.1. The molecule has 1 saturated carbocycles. The van der Waals surface area contributed by atoms with Gasteiger partial charge in [0.25, 0.3) is 0 Å². The molecule has 1 aliphatic carbocycles. The van der Waals surface area contributed by atoms with Gasteiger partial charge < -0.3 is 9.84 Å². The average Bonchev–Trinajstić information content (AvgIpc) is 3.00. The zero-order valence-electron chi connectivity index (χ0n) is 9.59. The van der Waals surface area contributed by atoms with Crippen molar-refractivity contribution < 1.29 is 14.6 Å². The molecule has 4 nitrogen and oxygen atoms in total. The normalized spacial score (nSPS) is 29.3. The molecule has 88 valence electrons. The first-order chi connectivity index (χ1) is 7.59. The van der Waals surface area contributed by atoms with Gasteiger partial charge in [0.15, 0.2) is 0 Å². The zero-order chi connectivity index (χ0) is 11.7. The molecule has 0 bridgehead atoms. The first-order valence-electron chi connectivity index (χ1n) is 5.71. The Morgan fingerprint density at radius 2 is 2.25 bits per heavy atom. The van der Waals surface area contributed by atoms with Crippen LogP contribution in [0.25, 0.3) is 0 Å². The summed E-state index contributed by atoms with van der Waals surface area (Å²) >= 11 is 0. The van der Waals surface area contributed by atoms with Crippen LogP contribution in [-0.4, -0.2) is 29.5 Å². The number of aliphatic carboxylic acids is 1. The summed E-state index contributed by atoms with van der Waals surface area (Å²) in [5, 5.41) is 9.13. The molecular formula is C12H17NO3. The van der Waals surface area contributed by atoms with Gasteiger partial charge >= 0.3 is 5.97 Å². The zero-order valence-corrected chi connectivity index (χ0v) is 9.59. The lowest BCUT2D eigenvalue weighted by Crippen LogP contribution is -2.35. The largest absolute Gasteiger partial charge is 0.478 e. The van der Waals surface area contributed by atoms with Crippen LogP contribution >= 0.6 is 0 Å². The summed E-state index contributed by atoms with van der Waals surface area (Å²) in [5.74, 6) is -0.742. The Balaban J connectivity index is 2.16. The van der Waals surface area contributed by atoms with E-state index in [2.05, 4.69) is 4.99 Å². The molecule has 1 aliphatic heterocycles. The van der Waals surface area contributed by atoms with Crippen molar-refractivity contribution in [2.75, 3.05) is 0 Å². The third kappa shape index (κ3) is 2.32. The first-order valence-corrected chi connectivity index (χ1v) is 5.71. The Bertz CT molecular complexity index is 342. The van der Waals surface area contributed by atoms with Crippen LogP contribution in [0, 0.1) is 11.8 Å². The van der Waals surface area contributed by atoms with Gasteiger partial charge in [-0.1, -0.05) is 13.8 Å². The van der Waals surface area contributed by atoms with Crippen molar-refractivity contribution in [3.05, 3.63) is 11.8 Å². The first kappa shape index (κ1) is 11.3. The molecule has 0 aromatic rings. The summed E-state index contributed by atoms with van der Waals surface area (Å²) in [6.07, 6.45) is 5.48. The SMILES string of the molecule is CC(C)C1C(C(=O)O)=CN=CC1OC1CC1. The van der Waals surface area contributed by atoms with Crippen LogP contribution < -0.4 is 0 Å². The molecule has 2 rings (SSSR count). The van der Waals surface area contributed by atoms with E-state index < -0.39 is 5.97 Å². The fraction of sp³-hybridized carbons (Fsp3) is 0.667. The van der Waals surface area contributed by atoms with E-state index in [1.165, 1.54) is 6.20 Å². The smallest absolute Gasteiger partial charge is 0.333 e. The van der Waals surface area contributed by atoms with Crippen molar-refractivity contribution in [3.63, 3.8) is 0 Å². The second kappa shape index (κ2) is 4.37. The Morgan fingerprint density at radius 1 is 1.56 bits per heavy atom. The minimum Gasteiger partial charge on any atom is -0.478 e. The summed E-state index contributed by atoms with van der Waals surface area (Å²) in [4.78, 5) is 15.1. The average molecular weight is 223 g/mol. The molecule has 16 heavy (non-hydrogen) atoms. The predicted octanol–water partition coefficient (Wildman–Crippen LogP) is 1.86. The molecule has 4 heteroatoms. The number of carboxylic acid groups (broad SMARTS) is 1. The fourth-order valence-corrected chi connectivity index (χ4v) is 2.05. The third-order valence-corrected chi connectivity index (χ3v) is 3.00. The number of hydrogen-bond donors (Lipinski definition) is 1. The van der Waals surface area contributed by atoms with Crippen molar-refractivity contribution in [2.45, 2.75) is 38.9 Å². The molecule has 0 spiro atoms. The summed E-state index contributed by atoms with van der Waals surface area (Å²) in [6.45, 7) is 4.04. The van der Waals surface area contributed by atoms with Gasteiger partial charge in [-0.3, -0.25) is 4.99 Å². The standard InChI is InChI=1S/C12H17NO3/c1-7(2)11-9(12(14)15)5-13-6-10(11)16-8-3-4-8/h5-8,10-11H,3-4H2,1-2H3,(H,14,15). The lowest BCUT2D eigenvalue weighted by molar-refractivity contribution is -0.134. The summed E-state index contributed by atoms with van der Waals surface area (Å²) < 4.78 is 5.80. The van der Waals surface area contributed by atoms with E-state index in [1.54, 1.807) is 6.21 Å².